The Bertz CT molecular complexity index is 890. The summed E-state index contributed by atoms with van der Waals surface area (Å²) in [6.07, 6.45) is -4.27. The molecule has 0 unspecified atom stereocenters. The van der Waals surface area contributed by atoms with Gasteiger partial charge in [-0.15, -0.1) is 0 Å². The number of nitrogens with one attached hydrogen (secondary N) is 1. The van der Waals surface area contributed by atoms with Gasteiger partial charge in [0.05, 0.1) is 29.4 Å². The Kier molecular flexibility index (Phi) is 6.37. The predicted octanol–water partition coefficient (Wildman–Crippen LogP) is 4.64. The van der Waals surface area contributed by atoms with E-state index in [1.165, 1.54) is 6.92 Å². The molecule has 0 bridgehead atoms. The second kappa shape index (κ2) is 8.21. The van der Waals surface area contributed by atoms with E-state index in [-0.39, 0.29) is 12.3 Å². The van der Waals surface area contributed by atoms with Crippen LogP contribution in [-0.4, -0.2) is 17.5 Å². The van der Waals surface area contributed by atoms with Gasteiger partial charge in [0.25, 0.3) is 5.91 Å². The lowest BCUT2D eigenvalue weighted by molar-refractivity contribution is -0.137. The first-order valence-corrected chi connectivity index (χ1v) is 7.85. The van der Waals surface area contributed by atoms with Crippen LogP contribution in [0.25, 0.3) is 0 Å². The number of alkyl halides is 3. The number of carbonyl (C=O) groups is 1. The van der Waals surface area contributed by atoms with Crippen molar-refractivity contribution < 1.29 is 40.3 Å². The van der Waals surface area contributed by atoms with Gasteiger partial charge in [0, 0.05) is 6.20 Å². The van der Waals surface area contributed by atoms with Gasteiger partial charge in [-0.3, -0.25) is 9.78 Å². The van der Waals surface area contributed by atoms with E-state index in [2.05, 4.69) is 9.72 Å². The highest BCUT2D eigenvalue weighted by molar-refractivity contribution is 6.31. The zero-order valence-electron chi connectivity index (χ0n) is 13.9. The van der Waals surface area contributed by atoms with Crippen molar-refractivity contribution >= 4 is 17.5 Å². The number of benzene rings is 1. The lowest BCUT2D eigenvalue weighted by Gasteiger charge is -2.13. The van der Waals surface area contributed by atoms with Crippen LogP contribution in [0.1, 0.15) is 28.5 Å². The van der Waals surface area contributed by atoms with Crippen LogP contribution in [-0.2, 0) is 12.7 Å². The number of pyridine rings is 1. The average Bonchev–Trinajstić information content (AvgIpc) is 2.62. The van der Waals surface area contributed by atoms with Gasteiger partial charge in [-0.1, -0.05) is 11.6 Å². The maximum Gasteiger partial charge on any atom is 0.417 e. The summed E-state index contributed by atoms with van der Waals surface area (Å²) in [5, 5.41) is 1.39. The fraction of sp³-hybridized carbons (Fsp3) is 0.250. The zero-order chi connectivity index (χ0) is 21.2. The van der Waals surface area contributed by atoms with E-state index in [0.717, 1.165) is 0 Å². The molecule has 0 atom stereocenters. The number of rotatable bonds is 5. The van der Waals surface area contributed by atoms with Crippen molar-refractivity contribution in [2.45, 2.75) is 19.6 Å². The van der Waals surface area contributed by atoms with Crippen LogP contribution in [0.15, 0.2) is 12.3 Å². The molecule has 0 saturated heterocycles. The summed E-state index contributed by atoms with van der Waals surface area (Å²) in [4.78, 5) is 15.4. The number of nitrogens with zero attached hydrogens (tertiary/aromatic N) is 1. The van der Waals surface area contributed by atoms with Crippen molar-refractivity contribution in [3.63, 3.8) is 0 Å². The van der Waals surface area contributed by atoms with Crippen LogP contribution in [0.5, 0.6) is 5.75 Å². The number of halogens is 8. The van der Waals surface area contributed by atoms with E-state index < -0.39 is 63.8 Å². The maximum absolute atomic E-state index is 14.0. The van der Waals surface area contributed by atoms with Crippen molar-refractivity contribution in [3.05, 3.63) is 57.4 Å². The Morgan fingerprint density at radius 3 is 2.18 bits per heavy atom. The fourth-order valence-electron chi connectivity index (χ4n) is 2.09. The van der Waals surface area contributed by atoms with Crippen molar-refractivity contribution in [3.8, 4) is 5.75 Å². The largest absolute Gasteiger partial charge is 0.488 e. The molecule has 1 aromatic carbocycles. The number of amides is 1. The highest BCUT2D eigenvalue weighted by Crippen LogP contribution is 2.32. The summed E-state index contributed by atoms with van der Waals surface area (Å²) < 4.78 is 97.7. The van der Waals surface area contributed by atoms with Crippen LogP contribution >= 0.6 is 11.6 Å². The van der Waals surface area contributed by atoms with Crippen LogP contribution in [0.4, 0.5) is 30.7 Å². The number of carbonyl (C=O) groups excluding carboxylic acids is 1. The zero-order valence-corrected chi connectivity index (χ0v) is 14.6. The third-order valence-electron chi connectivity index (χ3n) is 3.40. The molecule has 0 saturated carbocycles. The highest BCUT2D eigenvalue weighted by atomic mass is 35.5. The standard InChI is InChI=1S/C16H10ClF7N2O2/c1-2-28-14-12(20)10(18)9(11(19)13(14)21)15(27)26-5-8-7(17)3-6(4-25-8)16(22,23)24/h3-4H,2,5H2,1H3,(H,26,27). The Morgan fingerprint density at radius 1 is 1.14 bits per heavy atom. The normalized spacial score (nSPS) is 11.5. The molecule has 0 radical (unpaired) electrons. The molecule has 0 spiro atoms. The topological polar surface area (TPSA) is 51.2 Å². The van der Waals surface area contributed by atoms with Gasteiger partial charge in [0.1, 0.15) is 5.56 Å². The second-order valence-corrected chi connectivity index (χ2v) is 5.63. The molecule has 0 aliphatic rings. The number of ether oxygens (including phenoxy) is 1. The quantitative estimate of drug-likeness (QED) is 0.555. The molecule has 12 heteroatoms. The van der Waals surface area contributed by atoms with E-state index in [4.69, 9.17) is 11.6 Å². The molecule has 0 aliphatic carbocycles. The molecule has 2 rings (SSSR count). The fourth-order valence-corrected chi connectivity index (χ4v) is 2.32. The van der Waals surface area contributed by atoms with Crippen molar-refractivity contribution in [1.82, 2.24) is 10.3 Å². The van der Waals surface area contributed by atoms with E-state index in [9.17, 15) is 35.5 Å². The number of aromatic nitrogens is 1. The van der Waals surface area contributed by atoms with Gasteiger partial charge in [0.2, 0.25) is 11.6 Å². The molecule has 0 fully saturated rings. The molecule has 1 aromatic heterocycles. The molecule has 152 valence electrons. The molecule has 28 heavy (non-hydrogen) atoms. The van der Waals surface area contributed by atoms with Gasteiger partial charge >= 0.3 is 6.18 Å². The minimum Gasteiger partial charge on any atom is -0.488 e. The Balaban J connectivity index is 2.27. The third kappa shape index (κ3) is 4.29. The van der Waals surface area contributed by atoms with Crippen LogP contribution in [0, 0.1) is 23.3 Å². The van der Waals surface area contributed by atoms with Gasteiger partial charge in [-0.25, -0.2) is 8.78 Å². The van der Waals surface area contributed by atoms with Crippen molar-refractivity contribution in [2.24, 2.45) is 0 Å². The summed E-state index contributed by atoms with van der Waals surface area (Å²) in [7, 11) is 0. The molecule has 2 aromatic rings. The van der Waals surface area contributed by atoms with Gasteiger partial charge in [0.15, 0.2) is 17.4 Å². The summed E-state index contributed by atoms with van der Waals surface area (Å²) in [5.74, 6) is -10.7. The Hall–Kier alpha value is -2.56. The molecule has 1 amide bonds. The summed E-state index contributed by atoms with van der Waals surface area (Å²) in [5.41, 5.74) is -2.99. The lowest BCUT2D eigenvalue weighted by atomic mass is 10.1. The van der Waals surface area contributed by atoms with E-state index in [1.807, 2.05) is 5.32 Å². The maximum atomic E-state index is 14.0. The minimum atomic E-state index is -4.71. The van der Waals surface area contributed by atoms with Crippen LogP contribution in [0.3, 0.4) is 0 Å². The first-order chi connectivity index (χ1) is 13.0. The smallest absolute Gasteiger partial charge is 0.417 e. The number of hydrogen-bond donors (Lipinski definition) is 1. The average molecular weight is 431 g/mol. The van der Waals surface area contributed by atoms with Crippen molar-refractivity contribution in [1.29, 1.82) is 0 Å². The molecule has 1 heterocycles. The Labute approximate surface area is 158 Å². The van der Waals surface area contributed by atoms with Crippen molar-refractivity contribution in [2.75, 3.05) is 6.61 Å². The summed E-state index contributed by atoms with van der Waals surface area (Å²) in [6.45, 7) is 0.359. The summed E-state index contributed by atoms with van der Waals surface area (Å²) in [6, 6.07) is 0.535. The lowest BCUT2D eigenvalue weighted by Crippen LogP contribution is -2.27. The highest BCUT2D eigenvalue weighted by Gasteiger charge is 2.32. The molecule has 1 N–H and O–H groups in total. The van der Waals surface area contributed by atoms with Gasteiger partial charge < -0.3 is 10.1 Å². The van der Waals surface area contributed by atoms with E-state index >= 15 is 0 Å². The van der Waals surface area contributed by atoms with Crippen LogP contribution < -0.4 is 10.1 Å². The summed E-state index contributed by atoms with van der Waals surface area (Å²) >= 11 is 5.63. The monoisotopic (exact) mass is 430 g/mol. The first-order valence-electron chi connectivity index (χ1n) is 7.47. The predicted molar refractivity (Wildman–Crippen MR) is 82.9 cm³/mol. The molecular weight excluding hydrogens is 421 g/mol. The molecular formula is C16H10ClF7N2O2. The third-order valence-corrected chi connectivity index (χ3v) is 3.73. The number of hydrogen-bond acceptors (Lipinski definition) is 3. The minimum absolute atomic E-state index is 0.268. The molecule has 4 nitrogen and oxygen atoms in total. The van der Waals surface area contributed by atoms with E-state index in [0.29, 0.717) is 12.3 Å². The van der Waals surface area contributed by atoms with Crippen LogP contribution in [0.2, 0.25) is 5.02 Å². The Morgan fingerprint density at radius 2 is 1.71 bits per heavy atom. The van der Waals surface area contributed by atoms with Gasteiger partial charge in [-0.2, -0.15) is 22.0 Å². The second-order valence-electron chi connectivity index (χ2n) is 5.23. The van der Waals surface area contributed by atoms with Gasteiger partial charge in [-0.05, 0) is 13.0 Å². The first kappa shape index (κ1) is 21.7. The van der Waals surface area contributed by atoms with E-state index in [1.54, 1.807) is 0 Å². The molecule has 0 aliphatic heterocycles. The SMILES string of the molecule is CCOc1c(F)c(F)c(C(=O)NCc2ncc(C(F)(F)F)cc2Cl)c(F)c1F.